The molecule has 2 rings (SSSR count). The van der Waals surface area contributed by atoms with Crippen molar-refractivity contribution in [2.75, 3.05) is 44.7 Å². The zero-order valence-corrected chi connectivity index (χ0v) is 13.1. The first-order chi connectivity index (χ1) is 11.3. The summed E-state index contributed by atoms with van der Waals surface area (Å²) >= 11 is 0. The highest BCUT2D eigenvalue weighted by atomic mass is 19.4. The molecular weight excluding hydrogens is 327 g/mol. The first-order valence-electron chi connectivity index (χ1n) is 7.36. The monoisotopic (exact) mass is 345 g/mol. The van der Waals surface area contributed by atoms with Crippen LogP contribution in [-0.4, -0.2) is 56.7 Å². The van der Waals surface area contributed by atoms with E-state index in [1.54, 1.807) is 0 Å². The summed E-state index contributed by atoms with van der Waals surface area (Å²) in [6.07, 6.45) is -4.93. The number of piperazine rings is 1. The Balaban J connectivity index is 1.86. The van der Waals surface area contributed by atoms with Crippen molar-refractivity contribution in [3.8, 4) is 0 Å². The van der Waals surface area contributed by atoms with Gasteiger partial charge in [0.2, 0.25) is 0 Å². The van der Waals surface area contributed by atoms with Crippen molar-refractivity contribution in [2.45, 2.75) is 6.18 Å². The average Bonchev–Trinajstić information content (AvgIpc) is 2.58. The third kappa shape index (κ3) is 4.53. The van der Waals surface area contributed by atoms with Gasteiger partial charge in [0.15, 0.2) is 6.61 Å². The van der Waals surface area contributed by atoms with E-state index in [-0.39, 0.29) is 6.61 Å². The van der Waals surface area contributed by atoms with E-state index in [9.17, 15) is 22.8 Å². The lowest BCUT2D eigenvalue weighted by Gasteiger charge is -2.35. The molecule has 0 aliphatic carbocycles. The molecule has 0 radical (unpaired) electrons. The van der Waals surface area contributed by atoms with E-state index in [2.05, 4.69) is 5.32 Å². The fourth-order valence-electron chi connectivity index (χ4n) is 2.30. The fourth-order valence-corrected chi connectivity index (χ4v) is 2.30. The summed E-state index contributed by atoms with van der Waals surface area (Å²) in [6.45, 7) is 1.34. The summed E-state index contributed by atoms with van der Waals surface area (Å²) in [5.74, 6) is -0.397. The minimum absolute atomic E-state index is 0.339. The molecule has 0 saturated carbocycles. The maximum atomic E-state index is 12.6. The zero-order valence-electron chi connectivity index (χ0n) is 13.1. The van der Waals surface area contributed by atoms with Crippen molar-refractivity contribution in [1.82, 2.24) is 10.2 Å². The number of ether oxygens (including phenoxy) is 1. The quantitative estimate of drug-likeness (QED) is 0.906. The number of carbonyl (C=O) groups is 2. The third-order valence-corrected chi connectivity index (χ3v) is 3.70. The Labute approximate surface area is 137 Å². The van der Waals surface area contributed by atoms with Crippen LogP contribution in [0.3, 0.4) is 0 Å². The van der Waals surface area contributed by atoms with Gasteiger partial charge in [-0.1, -0.05) is 0 Å². The molecule has 132 valence electrons. The lowest BCUT2D eigenvalue weighted by molar-refractivity contribution is -0.137. The number of hydrogen-bond donors (Lipinski definition) is 1. The smallest absolute Gasteiger partial charge is 0.416 e. The molecule has 0 unspecified atom stereocenters. The number of rotatable bonds is 3. The highest BCUT2D eigenvalue weighted by Crippen LogP contribution is 2.30. The van der Waals surface area contributed by atoms with Gasteiger partial charge in [0.25, 0.3) is 5.91 Å². The Kier molecular flexibility index (Phi) is 5.53. The molecule has 0 bridgehead atoms. The molecule has 0 atom stereocenters. The van der Waals surface area contributed by atoms with Crippen LogP contribution in [-0.2, 0) is 15.7 Å². The maximum absolute atomic E-state index is 12.6. The van der Waals surface area contributed by atoms with E-state index >= 15 is 0 Å². The van der Waals surface area contributed by atoms with Gasteiger partial charge in [0, 0.05) is 38.9 Å². The van der Waals surface area contributed by atoms with Gasteiger partial charge >= 0.3 is 12.3 Å². The molecule has 1 aromatic rings. The van der Waals surface area contributed by atoms with Crippen LogP contribution in [0.1, 0.15) is 5.56 Å². The fraction of sp³-hybridized carbons (Fsp3) is 0.467. The second kappa shape index (κ2) is 7.41. The second-order valence-electron chi connectivity index (χ2n) is 5.25. The molecule has 1 N–H and O–H groups in total. The molecule has 24 heavy (non-hydrogen) atoms. The summed E-state index contributed by atoms with van der Waals surface area (Å²) in [5.41, 5.74) is -0.0240. The van der Waals surface area contributed by atoms with Gasteiger partial charge in [0.1, 0.15) is 0 Å². The molecule has 1 aliphatic heterocycles. The number of nitrogens with zero attached hydrogens (tertiary/aromatic N) is 2. The third-order valence-electron chi connectivity index (χ3n) is 3.70. The van der Waals surface area contributed by atoms with Crippen LogP contribution in [0, 0.1) is 0 Å². The van der Waals surface area contributed by atoms with Crippen LogP contribution >= 0.6 is 0 Å². The second-order valence-corrected chi connectivity index (χ2v) is 5.25. The topological polar surface area (TPSA) is 61.9 Å². The summed E-state index contributed by atoms with van der Waals surface area (Å²) in [5, 5.41) is 2.34. The number of halogens is 3. The van der Waals surface area contributed by atoms with E-state index in [1.807, 2.05) is 4.90 Å². The summed E-state index contributed by atoms with van der Waals surface area (Å²) < 4.78 is 42.5. The van der Waals surface area contributed by atoms with Crippen molar-refractivity contribution in [3.05, 3.63) is 29.8 Å². The van der Waals surface area contributed by atoms with Crippen molar-refractivity contribution >= 4 is 17.7 Å². The molecule has 1 aliphatic rings. The normalized spacial score (nSPS) is 15.2. The van der Waals surface area contributed by atoms with Gasteiger partial charge < -0.3 is 19.9 Å². The lowest BCUT2D eigenvalue weighted by Crippen LogP contribution is -2.49. The summed E-state index contributed by atoms with van der Waals surface area (Å²) in [4.78, 5) is 26.2. The Morgan fingerprint density at radius 1 is 1.12 bits per heavy atom. The van der Waals surface area contributed by atoms with Crippen molar-refractivity contribution < 1.29 is 27.5 Å². The molecule has 9 heteroatoms. The minimum Gasteiger partial charge on any atom is -0.439 e. The van der Waals surface area contributed by atoms with Gasteiger partial charge in [0.05, 0.1) is 5.56 Å². The summed E-state index contributed by atoms with van der Waals surface area (Å²) in [6, 6.07) is 4.92. The molecule has 1 aromatic carbocycles. The predicted octanol–water partition coefficient (Wildman–Crippen LogP) is 1.71. The molecule has 0 aromatic heterocycles. The highest BCUT2D eigenvalue weighted by molar-refractivity contribution is 5.79. The molecule has 0 spiro atoms. The largest absolute Gasteiger partial charge is 0.439 e. The molecule has 2 amide bonds. The number of benzene rings is 1. The van der Waals surface area contributed by atoms with Crippen molar-refractivity contribution in [3.63, 3.8) is 0 Å². The Hall–Kier alpha value is -2.45. The predicted molar refractivity (Wildman–Crippen MR) is 80.6 cm³/mol. The molecular formula is C15H18F3N3O3. The van der Waals surface area contributed by atoms with Crippen LogP contribution in [0.2, 0.25) is 0 Å². The lowest BCUT2D eigenvalue weighted by atomic mass is 10.1. The number of amides is 2. The van der Waals surface area contributed by atoms with Crippen LogP contribution in [0.5, 0.6) is 0 Å². The van der Waals surface area contributed by atoms with Crippen LogP contribution in [0.25, 0.3) is 0 Å². The van der Waals surface area contributed by atoms with Crippen LogP contribution in [0.15, 0.2) is 24.3 Å². The number of nitrogens with one attached hydrogen (secondary N) is 1. The van der Waals surface area contributed by atoms with Gasteiger partial charge in [-0.15, -0.1) is 0 Å². The molecule has 1 fully saturated rings. The first-order valence-corrected chi connectivity index (χ1v) is 7.36. The van der Waals surface area contributed by atoms with Crippen molar-refractivity contribution in [1.29, 1.82) is 0 Å². The number of hydrogen-bond acceptors (Lipinski definition) is 4. The van der Waals surface area contributed by atoms with Crippen LogP contribution < -0.4 is 10.2 Å². The highest BCUT2D eigenvalue weighted by Gasteiger charge is 2.30. The van der Waals surface area contributed by atoms with Gasteiger partial charge in [-0.05, 0) is 24.3 Å². The van der Waals surface area contributed by atoms with E-state index < -0.39 is 23.7 Å². The molecule has 1 saturated heterocycles. The minimum atomic E-state index is -4.36. The number of likely N-dealkylation sites (N-methyl/N-ethyl adjacent to an activating group) is 1. The SMILES string of the molecule is CNC(=O)COC(=O)N1CCN(c2ccc(C(F)(F)F)cc2)CC1. The number of anilines is 1. The Bertz CT molecular complexity index is 582. The standard InChI is InChI=1S/C15H18F3N3O3/c1-19-13(22)10-24-14(23)21-8-6-20(7-9-21)12-4-2-11(3-5-12)15(16,17)18/h2-5H,6-10H2,1H3,(H,19,22). The van der Waals surface area contributed by atoms with E-state index in [4.69, 9.17) is 4.74 Å². The summed E-state index contributed by atoms with van der Waals surface area (Å²) in [7, 11) is 1.44. The number of alkyl halides is 3. The van der Waals surface area contributed by atoms with Crippen molar-refractivity contribution in [2.24, 2.45) is 0 Å². The van der Waals surface area contributed by atoms with E-state index in [1.165, 1.54) is 24.1 Å². The first kappa shape index (κ1) is 17.9. The van der Waals surface area contributed by atoms with E-state index in [0.29, 0.717) is 31.9 Å². The molecule has 6 nitrogen and oxygen atoms in total. The maximum Gasteiger partial charge on any atom is 0.416 e. The Morgan fingerprint density at radius 3 is 2.21 bits per heavy atom. The number of carbonyl (C=O) groups excluding carboxylic acids is 2. The zero-order chi connectivity index (χ0) is 17.7. The van der Waals surface area contributed by atoms with Crippen LogP contribution in [0.4, 0.5) is 23.7 Å². The van der Waals surface area contributed by atoms with Gasteiger partial charge in [-0.2, -0.15) is 13.2 Å². The van der Waals surface area contributed by atoms with Gasteiger partial charge in [-0.3, -0.25) is 4.79 Å². The van der Waals surface area contributed by atoms with Gasteiger partial charge in [-0.25, -0.2) is 4.79 Å². The average molecular weight is 345 g/mol. The van der Waals surface area contributed by atoms with E-state index in [0.717, 1.165) is 12.1 Å². The Morgan fingerprint density at radius 2 is 1.71 bits per heavy atom. The molecule has 1 heterocycles.